The van der Waals surface area contributed by atoms with Gasteiger partial charge < -0.3 is 10.1 Å². The van der Waals surface area contributed by atoms with Crippen LogP contribution in [0.2, 0.25) is 0 Å². The van der Waals surface area contributed by atoms with E-state index in [1.807, 2.05) is 0 Å². The van der Waals surface area contributed by atoms with Gasteiger partial charge in [0.15, 0.2) is 0 Å². The first-order valence-corrected chi connectivity index (χ1v) is 9.08. The highest BCUT2D eigenvalue weighted by molar-refractivity contribution is 9.10. The summed E-state index contributed by atoms with van der Waals surface area (Å²) in [7, 11) is 0. The number of ether oxygens (including phenoxy) is 1. The number of nitrogens with zero attached hydrogens (tertiary/aromatic N) is 1. The van der Waals surface area contributed by atoms with Gasteiger partial charge in [0.1, 0.15) is 0 Å². The maximum Gasteiger partial charge on any atom is 0.0594 e. The van der Waals surface area contributed by atoms with Crippen molar-refractivity contribution in [1.82, 2.24) is 10.2 Å². The minimum absolute atomic E-state index is 0.0720. The van der Waals surface area contributed by atoms with Gasteiger partial charge >= 0.3 is 0 Å². The molecule has 0 radical (unpaired) electrons. The summed E-state index contributed by atoms with van der Waals surface area (Å²) in [6.45, 7) is 11.7. The Morgan fingerprint density at radius 2 is 2.10 bits per heavy atom. The minimum Gasteiger partial charge on any atom is -0.379 e. The SMILES string of the molecule is CCCNC(c1cscc1Br)C(C)(C)N1CCOCC1. The van der Waals surface area contributed by atoms with E-state index in [4.69, 9.17) is 4.74 Å². The van der Waals surface area contributed by atoms with Gasteiger partial charge in [-0.3, -0.25) is 4.90 Å². The van der Waals surface area contributed by atoms with Crippen LogP contribution < -0.4 is 5.32 Å². The molecule has 1 aromatic rings. The van der Waals surface area contributed by atoms with Crippen molar-refractivity contribution < 1.29 is 4.74 Å². The van der Waals surface area contributed by atoms with Crippen LogP contribution in [0.25, 0.3) is 0 Å². The Morgan fingerprint density at radius 1 is 1.40 bits per heavy atom. The van der Waals surface area contributed by atoms with Gasteiger partial charge in [-0.05, 0) is 53.7 Å². The zero-order chi connectivity index (χ0) is 14.6. The Labute approximate surface area is 134 Å². The number of halogens is 1. The summed E-state index contributed by atoms with van der Waals surface area (Å²) in [6.07, 6.45) is 1.15. The number of morpholine rings is 1. The lowest BCUT2D eigenvalue weighted by Gasteiger charge is -2.46. The molecule has 3 nitrogen and oxygen atoms in total. The molecule has 0 amide bonds. The summed E-state index contributed by atoms with van der Waals surface area (Å²) in [4.78, 5) is 2.55. The van der Waals surface area contributed by atoms with Crippen molar-refractivity contribution in [2.75, 3.05) is 32.8 Å². The number of thiophene rings is 1. The molecule has 1 aliphatic rings. The van der Waals surface area contributed by atoms with E-state index in [0.29, 0.717) is 6.04 Å². The van der Waals surface area contributed by atoms with Crippen LogP contribution >= 0.6 is 27.3 Å². The van der Waals surface area contributed by atoms with Crippen LogP contribution in [0.4, 0.5) is 0 Å². The number of hydrogen-bond donors (Lipinski definition) is 1. The molecular formula is C15H25BrN2OS. The summed E-state index contributed by atoms with van der Waals surface area (Å²) in [5, 5.41) is 8.18. The number of rotatable bonds is 6. The van der Waals surface area contributed by atoms with Crippen molar-refractivity contribution >= 4 is 27.3 Å². The molecule has 0 spiro atoms. The van der Waals surface area contributed by atoms with E-state index in [2.05, 4.69) is 57.7 Å². The van der Waals surface area contributed by atoms with Crippen molar-refractivity contribution in [3.8, 4) is 0 Å². The van der Waals surface area contributed by atoms with E-state index < -0.39 is 0 Å². The zero-order valence-corrected chi connectivity index (χ0v) is 15.0. The maximum absolute atomic E-state index is 5.50. The predicted octanol–water partition coefficient (Wildman–Crippen LogP) is 3.66. The Bertz CT molecular complexity index is 416. The van der Waals surface area contributed by atoms with Crippen LogP contribution in [0.3, 0.4) is 0 Å². The van der Waals surface area contributed by atoms with Crippen molar-refractivity contribution in [1.29, 1.82) is 0 Å². The van der Waals surface area contributed by atoms with E-state index >= 15 is 0 Å². The standard InChI is InChI=1S/C15H25BrN2OS/c1-4-5-17-14(12-10-20-11-13(12)16)15(2,3)18-6-8-19-9-7-18/h10-11,14,17H,4-9H2,1-3H3. The lowest BCUT2D eigenvalue weighted by Crippen LogP contribution is -2.56. The Balaban J connectivity index is 2.22. The van der Waals surface area contributed by atoms with Gasteiger partial charge in [0.25, 0.3) is 0 Å². The quantitative estimate of drug-likeness (QED) is 0.837. The average Bonchev–Trinajstić information content (AvgIpc) is 2.86. The lowest BCUT2D eigenvalue weighted by molar-refractivity contribution is -0.0238. The minimum atomic E-state index is 0.0720. The lowest BCUT2D eigenvalue weighted by atomic mass is 9.87. The Hall–Kier alpha value is 0.0600. The molecule has 1 aromatic heterocycles. The smallest absolute Gasteiger partial charge is 0.0594 e. The summed E-state index contributed by atoms with van der Waals surface area (Å²) < 4.78 is 6.72. The van der Waals surface area contributed by atoms with Crippen LogP contribution in [-0.2, 0) is 4.74 Å². The molecule has 1 N–H and O–H groups in total. The maximum atomic E-state index is 5.50. The molecule has 1 saturated heterocycles. The van der Waals surface area contributed by atoms with E-state index in [0.717, 1.165) is 39.3 Å². The third-order valence-corrected chi connectivity index (χ3v) is 5.84. The Morgan fingerprint density at radius 3 is 2.65 bits per heavy atom. The van der Waals surface area contributed by atoms with Gasteiger partial charge in [-0.15, -0.1) is 0 Å². The molecule has 0 aromatic carbocycles. The molecule has 0 aliphatic carbocycles. The van der Waals surface area contributed by atoms with Gasteiger partial charge in [-0.1, -0.05) is 6.92 Å². The van der Waals surface area contributed by atoms with Gasteiger partial charge in [-0.25, -0.2) is 0 Å². The first-order valence-electron chi connectivity index (χ1n) is 7.35. The molecule has 2 rings (SSSR count). The molecule has 1 aliphatic heterocycles. The van der Waals surface area contributed by atoms with Crippen molar-refractivity contribution in [3.63, 3.8) is 0 Å². The molecule has 0 bridgehead atoms. The van der Waals surface area contributed by atoms with Gasteiger partial charge in [0, 0.05) is 28.5 Å². The molecule has 1 fully saturated rings. The fourth-order valence-corrected chi connectivity index (χ4v) is 4.40. The second-order valence-electron chi connectivity index (χ2n) is 5.82. The summed E-state index contributed by atoms with van der Waals surface area (Å²) in [6, 6.07) is 0.334. The van der Waals surface area contributed by atoms with Crippen LogP contribution in [0.5, 0.6) is 0 Å². The highest BCUT2D eigenvalue weighted by atomic mass is 79.9. The summed E-state index contributed by atoms with van der Waals surface area (Å²) >= 11 is 5.46. The predicted molar refractivity (Wildman–Crippen MR) is 89.5 cm³/mol. The number of nitrogens with one attached hydrogen (secondary N) is 1. The summed E-state index contributed by atoms with van der Waals surface area (Å²) in [5.74, 6) is 0. The zero-order valence-electron chi connectivity index (χ0n) is 12.6. The van der Waals surface area contributed by atoms with Crippen molar-refractivity contribution in [2.24, 2.45) is 0 Å². The van der Waals surface area contributed by atoms with Crippen LogP contribution in [0.15, 0.2) is 15.2 Å². The van der Waals surface area contributed by atoms with Crippen LogP contribution in [0, 0.1) is 0 Å². The third kappa shape index (κ3) is 3.63. The molecule has 0 saturated carbocycles. The molecule has 5 heteroatoms. The highest BCUT2D eigenvalue weighted by Gasteiger charge is 2.37. The monoisotopic (exact) mass is 360 g/mol. The van der Waals surface area contributed by atoms with E-state index in [1.165, 1.54) is 10.0 Å². The van der Waals surface area contributed by atoms with Crippen molar-refractivity contribution in [3.05, 3.63) is 20.8 Å². The molecule has 1 unspecified atom stereocenters. The topological polar surface area (TPSA) is 24.5 Å². The second kappa shape index (κ2) is 7.36. The number of hydrogen-bond acceptors (Lipinski definition) is 4. The second-order valence-corrected chi connectivity index (χ2v) is 7.41. The summed E-state index contributed by atoms with van der Waals surface area (Å²) in [5.41, 5.74) is 1.45. The van der Waals surface area contributed by atoms with E-state index in [1.54, 1.807) is 11.3 Å². The average molecular weight is 361 g/mol. The largest absolute Gasteiger partial charge is 0.379 e. The normalized spacial score (nSPS) is 19.2. The third-order valence-electron chi connectivity index (χ3n) is 4.08. The first kappa shape index (κ1) is 16.4. The molecular weight excluding hydrogens is 336 g/mol. The van der Waals surface area contributed by atoms with Gasteiger partial charge in [-0.2, -0.15) is 11.3 Å². The van der Waals surface area contributed by atoms with E-state index in [-0.39, 0.29) is 5.54 Å². The highest BCUT2D eigenvalue weighted by Crippen LogP contribution is 2.37. The molecule has 2 heterocycles. The Kier molecular flexibility index (Phi) is 6.05. The first-order chi connectivity index (χ1) is 9.57. The van der Waals surface area contributed by atoms with Crippen LogP contribution in [-0.4, -0.2) is 43.3 Å². The molecule has 114 valence electrons. The van der Waals surface area contributed by atoms with Gasteiger partial charge in [0.05, 0.1) is 19.3 Å². The fraction of sp³-hybridized carbons (Fsp3) is 0.733. The van der Waals surface area contributed by atoms with Crippen LogP contribution in [0.1, 0.15) is 38.8 Å². The van der Waals surface area contributed by atoms with E-state index in [9.17, 15) is 0 Å². The van der Waals surface area contributed by atoms with Crippen molar-refractivity contribution in [2.45, 2.75) is 38.8 Å². The van der Waals surface area contributed by atoms with Gasteiger partial charge in [0.2, 0.25) is 0 Å². The molecule has 20 heavy (non-hydrogen) atoms. The molecule has 1 atom stereocenters. The fourth-order valence-electron chi connectivity index (χ4n) is 2.85.